The lowest BCUT2D eigenvalue weighted by Crippen LogP contribution is -2.13. The normalized spacial score (nSPS) is 17.1. The standard InChI is InChI=1S/C25H22N2O/c1-18-16-22(24(25(18)28)27-23-14-8-9-15-26-23)21(20-12-6-3-7-13-20)17-19-10-4-2-5-11-19/h2-15,17-18H,16H2,1H3,(H,26,27)/b21-17+. The molecule has 138 valence electrons. The number of rotatable bonds is 5. The molecule has 0 saturated heterocycles. The third-order valence-corrected chi connectivity index (χ3v) is 4.94. The first kappa shape index (κ1) is 17.9. The molecule has 1 heterocycles. The molecule has 1 atom stereocenters. The van der Waals surface area contributed by atoms with Crippen LogP contribution in [0.2, 0.25) is 0 Å². The number of nitrogens with one attached hydrogen (secondary N) is 1. The van der Waals surface area contributed by atoms with Crippen LogP contribution >= 0.6 is 0 Å². The van der Waals surface area contributed by atoms with Crippen molar-refractivity contribution >= 4 is 23.3 Å². The van der Waals surface area contributed by atoms with Crippen molar-refractivity contribution in [2.45, 2.75) is 13.3 Å². The van der Waals surface area contributed by atoms with E-state index in [1.807, 2.05) is 61.5 Å². The Morgan fingerprint density at radius 2 is 1.64 bits per heavy atom. The van der Waals surface area contributed by atoms with Crippen LogP contribution in [-0.2, 0) is 4.79 Å². The van der Waals surface area contributed by atoms with E-state index in [1.54, 1.807) is 6.20 Å². The van der Waals surface area contributed by atoms with E-state index in [-0.39, 0.29) is 11.7 Å². The predicted octanol–water partition coefficient (Wildman–Crippen LogP) is 5.60. The highest BCUT2D eigenvalue weighted by atomic mass is 16.1. The van der Waals surface area contributed by atoms with Gasteiger partial charge in [0.1, 0.15) is 5.82 Å². The van der Waals surface area contributed by atoms with Crippen LogP contribution < -0.4 is 5.32 Å². The summed E-state index contributed by atoms with van der Waals surface area (Å²) in [6.07, 6.45) is 4.60. The number of pyridine rings is 1. The topological polar surface area (TPSA) is 42.0 Å². The number of aromatic nitrogens is 1. The van der Waals surface area contributed by atoms with E-state index in [4.69, 9.17) is 0 Å². The molecule has 0 spiro atoms. The van der Waals surface area contributed by atoms with Crippen molar-refractivity contribution in [3.8, 4) is 0 Å². The highest BCUT2D eigenvalue weighted by molar-refractivity contribution is 6.08. The van der Waals surface area contributed by atoms with Crippen LogP contribution in [0.1, 0.15) is 24.5 Å². The lowest BCUT2D eigenvalue weighted by Gasteiger charge is -2.13. The Morgan fingerprint density at radius 1 is 0.964 bits per heavy atom. The zero-order valence-electron chi connectivity index (χ0n) is 15.8. The maximum Gasteiger partial charge on any atom is 0.182 e. The summed E-state index contributed by atoms with van der Waals surface area (Å²) >= 11 is 0. The monoisotopic (exact) mass is 366 g/mol. The number of allylic oxidation sites excluding steroid dienone is 3. The fraction of sp³-hybridized carbons (Fsp3) is 0.120. The molecule has 0 amide bonds. The minimum absolute atomic E-state index is 0.0518. The van der Waals surface area contributed by atoms with Crippen molar-refractivity contribution < 1.29 is 4.79 Å². The molecule has 2 aromatic carbocycles. The molecule has 1 aliphatic carbocycles. The number of Topliss-reactive ketones (excluding diaryl/α,β-unsaturated/α-hetero) is 1. The molecule has 0 radical (unpaired) electrons. The number of hydrogen-bond donors (Lipinski definition) is 1. The second-order valence-corrected chi connectivity index (χ2v) is 7.00. The van der Waals surface area contributed by atoms with E-state index in [0.717, 1.165) is 22.3 Å². The molecule has 1 unspecified atom stereocenters. The Labute approximate surface area is 165 Å². The van der Waals surface area contributed by atoms with E-state index in [9.17, 15) is 4.79 Å². The van der Waals surface area contributed by atoms with Gasteiger partial charge in [-0.05, 0) is 46.9 Å². The maximum atomic E-state index is 12.9. The van der Waals surface area contributed by atoms with Gasteiger partial charge in [0.25, 0.3) is 0 Å². The van der Waals surface area contributed by atoms with Gasteiger partial charge in [-0.15, -0.1) is 0 Å². The fourth-order valence-electron chi connectivity index (χ4n) is 3.52. The molecule has 0 aliphatic heterocycles. The molecule has 3 heteroatoms. The summed E-state index contributed by atoms with van der Waals surface area (Å²) in [5.41, 5.74) is 4.97. The van der Waals surface area contributed by atoms with E-state index >= 15 is 0 Å². The maximum absolute atomic E-state index is 12.9. The van der Waals surface area contributed by atoms with E-state index in [2.05, 4.69) is 40.6 Å². The van der Waals surface area contributed by atoms with Gasteiger partial charge < -0.3 is 5.32 Å². The van der Waals surface area contributed by atoms with Gasteiger partial charge in [-0.3, -0.25) is 4.79 Å². The Bertz CT molecular complexity index is 1020. The van der Waals surface area contributed by atoms with Gasteiger partial charge in [-0.2, -0.15) is 0 Å². The van der Waals surface area contributed by atoms with Crippen molar-refractivity contribution in [1.82, 2.24) is 4.98 Å². The molecular weight excluding hydrogens is 344 g/mol. The first-order chi connectivity index (χ1) is 13.7. The predicted molar refractivity (Wildman–Crippen MR) is 114 cm³/mol. The Hall–Kier alpha value is -3.46. The van der Waals surface area contributed by atoms with Crippen LogP contribution in [0.3, 0.4) is 0 Å². The number of benzene rings is 2. The molecule has 4 rings (SSSR count). The lowest BCUT2D eigenvalue weighted by atomic mass is 9.93. The van der Waals surface area contributed by atoms with Crippen LogP contribution in [0.15, 0.2) is 96.3 Å². The molecule has 0 bridgehead atoms. The highest BCUT2D eigenvalue weighted by Gasteiger charge is 2.32. The molecule has 0 saturated carbocycles. The summed E-state index contributed by atoms with van der Waals surface area (Å²) in [6, 6.07) is 26.1. The van der Waals surface area contributed by atoms with Gasteiger partial charge in [-0.1, -0.05) is 73.7 Å². The smallest absolute Gasteiger partial charge is 0.182 e. The highest BCUT2D eigenvalue weighted by Crippen LogP contribution is 2.38. The molecule has 3 aromatic rings. The summed E-state index contributed by atoms with van der Waals surface area (Å²) in [5.74, 6) is 0.768. The zero-order chi connectivity index (χ0) is 19.3. The van der Waals surface area contributed by atoms with Crippen LogP contribution in [-0.4, -0.2) is 10.8 Å². The van der Waals surface area contributed by atoms with Gasteiger partial charge in [0.15, 0.2) is 5.78 Å². The average Bonchev–Trinajstić information content (AvgIpc) is 3.02. The Morgan fingerprint density at radius 3 is 2.32 bits per heavy atom. The van der Waals surface area contributed by atoms with Gasteiger partial charge in [0.2, 0.25) is 0 Å². The van der Waals surface area contributed by atoms with Crippen LogP contribution in [0.4, 0.5) is 5.82 Å². The summed E-state index contributed by atoms with van der Waals surface area (Å²) in [5, 5.41) is 3.29. The number of hydrogen-bond acceptors (Lipinski definition) is 3. The Kier molecular flexibility index (Phi) is 5.16. The van der Waals surface area contributed by atoms with Crippen LogP contribution in [0.5, 0.6) is 0 Å². The first-order valence-electron chi connectivity index (χ1n) is 9.50. The molecular formula is C25H22N2O. The zero-order valence-corrected chi connectivity index (χ0v) is 15.8. The van der Waals surface area contributed by atoms with E-state index < -0.39 is 0 Å². The number of nitrogens with zero attached hydrogens (tertiary/aromatic N) is 1. The number of ketones is 1. The van der Waals surface area contributed by atoms with Crippen molar-refractivity contribution in [3.05, 3.63) is 107 Å². The molecule has 3 nitrogen and oxygen atoms in total. The van der Waals surface area contributed by atoms with Crippen molar-refractivity contribution in [3.63, 3.8) is 0 Å². The summed E-state index contributed by atoms with van der Waals surface area (Å²) in [6.45, 7) is 1.99. The van der Waals surface area contributed by atoms with Crippen LogP contribution in [0, 0.1) is 5.92 Å². The average molecular weight is 366 g/mol. The van der Waals surface area contributed by atoms with E-state index in [1.165, 1.54) is 0 Å². The van der Waals surface area contributed by atoms with Crippen LogP contribution in [0.25, 0.3) is 11.6 Å². The lowest BCUT2D eigenvalue weighted by molar-refractivity contribution is -0.117. The fourth-order valence-corrected chi connectivity index (χ4v) is 3.52. The third-order valence-electron chi connectivity index (χ3n) is 4.94. The third kappa shape index (κ3) is 3.79. The quantitative estimate of drug-likeness (QED) is 0.598. The number of anilines is 1. The molecule has 1 aromatic heterocycles. The van der Waals surface area contributed by atoms with Gasteiger partial charge in [0.05, 0.1) is 5.70 Å². The SMILES string of the molecule is CC1CC(/C(=C/c2ccccc2)c2ccccc2)=C(Nc2ccccn2)C1=O. The Balaban J connectivity index is 1.85. The van der Waals surface area contributed by atoms with Crippen molar-refractivity contribution in [2.75, 3.05) is 5.32 Å². The summed E-state index contributed by atoms with van der Waals surface area (Å²) < 4.78 is 0. The van der Waals surface area contributed by atoms with Crippen molar-refractivity contribution in [1.29, 1.82) is 0 Å². The van der Waals surface area contributed by atoms with Gasteiger partial charge in [-0.25, -0.2) is 4.98 Å². The summed E-state index contributed by atoms with van der Waals surface area (Å²) in [7, 11) is 0. The molecule has 28 heavy (non-hydrogen) atoms. The van der Waals surface area contributed by atoms with E-state index in [0.29, 0.717) is 17.9 Å². The van der Waals surface area contributed by atoms with Gasteiger partial charge >= 0.3 is 0 Å². The first-order valence-corrected chi connectivity index (χ1v) is 9.50. The summed E-state index contributed by atoms with van der Waals surface area (Å²) in [4.78, 5) is 17.3. The van der Waals surface area contributed by atoms with Gasteiger partial charge in [0, 0.05) is 12.1 Å². The number of carbonyl (C=O) groups is 1. The largest absolute Gasteiger partial charge is 0.337 e. The minimum Gasteiger partial charge on any atom is -0.337 e. The second kappa shape index (κ2) is 8.05. The molecule has 1 N–H and O–H groups in total. The molecule has 1 aliphatic rings. The number of carbonyl (C=O) groups excluding carboxylic acids is 1. The minimum atomic E-state index is -0.0518. The molecule has 0 fully saturated rings. The van der Waals surface area contributed by atoms with Crippen molar-refractivity contribution in [2.24, 2.45) is 5.92 Å². The second-order valence-electron chi connectivity index (χ2n) is 7.00.